The fourth-order valence-electron chi connectivity index (χ4n) is 3.68. The van der Waals surface area contributed by atoms with Gasteiger partial charge in [-0.3, -0.25) is 4.99 Å². The summed E-state index contributed by atoms with van der Waals surface area (Å²) in [5.41, 5.74) is 4.41. The SMILES string of the molecule is CN=C(NCCCOCC1CCOCC1)NCc1ccccc1-n1nc(C)cc1C.I. The lowest BCUT2D eigenvalue weighted by atomic mass is 10.0. The highest BCUT2D eigenvalue weighted by atomic mass is 127. The van der Waals surface area contributed by atoms with Crippen LogP contribution in [-0.2, 0) is 16.0 Å². The van der Waals surface area contributed by atoms with Crippen LogP contribution in [0.5, 0.6) is 0 Å². The van der Waals surface area contributed by atoms with Crippen molar-refractivity contribution in [1.29, 1.82) is 0 Å². The van der Waals surface area contributed by atoms with E-state index in [-0.39, 0.29) is 24.0 Å². The molecule has 2 heterocycles. The molecule has 0 amide bonds. The van der Waals surface area contributed by atoms with Crippen LogP contribution in [0.2, 0.25) is 0 Å². The molecule has 0 radical (unpaired) electrons. The van der Waals surface area contributed by atoms with Gasteiger partial charge in [-0.2, -0.15) is 5.10 Å². The fraction of sp³-hybridized carbons (Fsp3) is 0.565. The smallest absolute Gasteiger partial charge is 0.191 e. The number of benzene rings is 1. The van der Waals surface area contributed by atoms with Crippen LogP contribution < -0.4 is 10.6 Å². The highest BCUT2D eigenvalue weighted by Crippen LogP contribution is 2.17. The number of aryl methyl sites for hydroxylation is 2. The number of aromatic nitrogens is 2. The second kappa shape index (κ2) is 13.7. The minimum Gasteiger partial charge on any atom is -0.381 e. The van der Waals surface area contributed by atoms with E-state index in [9.17, 15) is 0 Å². The summed E-state index contributed by atoms with van der Waals surface area (Å²) in [5, 5.41) is 11.4. The zero-order chi connectivity index (χ0) is 21.2. The third-order valence-electron chi connectivity index (χ3n) is 5.35. The van der Waals surface area contributed by atoms with Crippen molar-refractivity contribution in [2.24, 2.45) is 10.9 Å². The molecule has 8 heteroatoms. The van der Waals surface area contributed by atoms with E-state index in [0.29, 0.717) is 12.5 Å². The Bertz CT molecular complexity index is 818. The first-order chi connectivity index (χ1) is 14.7. The van der Waals surface area contributed by atoms with Gasteiger partial charge in [0.1, 0.15) is 0 Å². The lowest BCUT2D eigenvalue weighted by Gasteiger charge is -2.21. The molecule has 0 unspecified atom stereocenters. The first-order valence-corrected chi connectivity index (χ1v) is 10.9. The molecule has 1 saturated heterocycles. The number of guanidine groups is 1. The highest BCUT2D eigenvalue weighted by molar-refractivity contribution is 14.0. The molecule has 1 aliphatic heterocycles. The normalized spacial score (nSPS) is 14.9. The van der Waals surface area contributed by atoms with Crippen LogP contribution >= 0.6 is 24.0 Å². The lowest BCUT2D eigenvalue weighted by Crippen LogP contribution is -2.37. The molecule has 3 rings (SSSR count). The number of halogens is 1. The van der Waals surface area contributed by atoms with E-state index in [1.165, 1.54) is 5.56 Å². The van der Waals surface area contributed by atoms with Crippen molar-refractivity contribution in [2.75, 3.05) is 40.0 Å². The van der Waals surface area contributed by atoms with Crippen LogP contribution in [0.3, 0.4) is 0 Å². The minimum absolute atomic E-state index is 0. The zero-order valence-electron chi connectivity index (χ0n) is 18.9. The summed E-state index contributed by atoms with van der Waals surface area (Å²) in [4.78, 5) is 4.34. The van der Waals surface area contributed by atoms with E-state index in [1.54, 1.807) is 7.05 Å². The molecule has 1 fully saturated rings. The average Bonchev–Trinajstić information content (AvgIpc) is 3.11. The van der Waals surface area contributed by atoms with Crippen molar-refractivity contribution in [3.63, 3.8) is 0 Å². The summed E-state index contributed by atoms with van der Waals surface area (Å²) in [6.45, 7) is 8.96. The van der Waals surface area contributed by atoms with Gasteiger partial charge < -0.3 is 20.1 Å². The Kier molecular flexibility index (Phi) is 11.3. The first kappa shape index (κ1) is 25.6. The van der Waals surface area contributed by atoms with Crippen molar-refractivity contribution >= 4 is 29.9 Å². The maximum Gasteiger partial charge on any atom is 0.191 e. The standard InChI is InChI=1S/C23H35N5O2.HI/c1-18-15-19(2)28(27-18)22-8-5-4-7-21(22)16-26-23(24-3)25-11-6-12-30-17-20-9-13-29-14-10-20;/h4-5,7-8,15,20H,6,9-14,16-17H2,1-3H3,(H2,24,25,26);1H. The molecule has 1 aliphatic rings. The molecule has 172 valence electrons. The van der Waals surface area contributed by atoms with Crippen LogP contribution in [-0.4, -0.2) is 55.8 Å². The summed E-state index contributed by atoms with van der Waals surface area (Å²) in [7, 11) is 1.80. The quantitative estimate of drug-likeness (QED) is 0.220. The van der Waals surface area contributed by atoms with Gasteiger partial charge in [-0.15, -0.1) is 24.0 Å². The van der Waals surface area contributed by atoms with Gasteiger partial charge in [-0.1, -0.05) is 18.2 Å². The predicted molar refractivity (Wildman–Crippen MR) is 136 cm³/mol. The highest BCUT2D eigenvalue weighted by Gasteiger charge is 2.13. The number of ether oxygens (including phenoxy) is 2. The summed E-state index contributed by atoms with van der Waals surface area (Å²) < 4.78 is 13.2. The molecule has 2 aromatic rings. The summed E-state index contributed by atoms with van der Waals surface area (Å²) >= 11 is 0. The van der Waals surface area contributed by atoms with E-state index in [0.717, 1.165) is 75.3 Å². The molecular formula is C23H36IN5O2. The molecule has 0 atom stereocenters. The Hall–Kier alpha value is -1.65. The van der Waals surface area contributed by atoms with Crippen molar-refractivity contribution in [2.45, 2.75) is 39.7 Å². The van der Waals surface area contributed by atoms with E-state index >= 15 is 0 Å². The number of rotatable bonds is 9. The van der Waals surface area contributed by atoms with Crippen molar-refractivity contribution in [1.82, 2.24) is 20.4 Å². The third-order valence-corrected chi connectivity index (χ3v) is 5.35. The minimum atomic E-state index is 0. The Morgan fingerprint density at radius 1 is 1.23 bits per heavy atom. The van der Waals surface area contributed by atoms with Gasteiger partial charge in [0.15, 0.2) is 5.96 Å². The maximum absolute atomic E-state index is 5.83. The Morgan fingerprint density at radius 2 is 2.00 bits per heavy atom. The Balaban J connectivity index is 0.00000341. The van der Waals surface area contributed by atoms with Gasteiger partial charge in [0.05, 0.1) is 11.4 Å². The number of nitrogens with zero attached hydrogens (tertiary/aromatic N) is 3. The van der Waals surface area contributed by atoms with Gasteiger partial charge in [-0.05, 0) is 56.7 Å². The number of nitrogens with one attached hydrogen (secondary N) is 2. The Morgan fingerprint density at radius 3 is 2.71 bits per heavy atom. The van der Waals surface area contributed by atoms with E-state index < -0.39 is 0 Å². The topological polar surface area (TPSA) is 72.7 Å². The van der Waals surface area contributed by atoms with Crippen molar-refractivity contribution in [3.05, 3.63) is 47.3 Å². The summed E-state index contributed by atoms with van der Waals surface area (Å²) in [5.74, 6) is 1.45. The molecule has 1 aromatic carbocycles. The van der Waals surface area contributed by atoms with Gasteiger partial charge >= 0.3 is 0 Å². The van der Waals surface area contributed by atoms with E-state index in [1.807, 2.05) is 17.7 Å². The number of aliphatic imine (C=N–C) groups is 1. The van der Waals surface area contributed by atoms with Crippen molar-refractivity contribution in [3.8, 4) is 5.69 Å². The van der Waals surface area contributed by atoms with E-state index in [2.05, 4.69) is 51.9 Å². The van der Waals surface area contributed by atoms with Gasteiger partial charge in [0, 0.05) is 52.3 Å². The first-order valence-electron chi connectivity index (χ1n) is 10.9. The molecule has 31 heavy (non-hydrogen) atoms. The predicted octanol–water partition coefficient (Wildman–Crippen LogP) is 3.61. The van der Waals surface area contributed by atoms with E-state index in [4.69, 9.17) is 9.47 Å². The van der Waals surface area contributed by atoms with Gasteiger partial charge in [-0.25, -0.2) is 4.68 Å². The zero-order valence-corrected chi connectivity index (χ0v) is 21.2. The summed E-state index contributed by atoms with van der Waals surface area (Å²) in [6.07, 6.45) is 3.19. The second-order valence-electron chi connectivity index (χ2n) is 7.80. The molecule has 1 aromatic heterocycles. The van der Waals surface area contributed by atoms with Crippen LogP contribution in [0.15, 0.2) is 35.3 Å². The second-order valence-corrected chi connectivity index (χ2v) is 7.80. The molecular weight excluding hydrogens is 505 g/mol. The molecule has 0 bridgehead atoms. The maximum atomic E-state index is 5.83. The average molecular weight is 541 g/mol. The largest absolute Gasteiger partial charge is 0.381 e. The van der Waals surface area contributed by atoms with Crippen LogP contribution in [0, 0.1) is 19.8 Å². The molecule has 2 N–H and O–H groups in total. The van der Waals surface area contributed by atoms with Crippen LogP contribution in [0.1, 0.15) is 36.2 Å². The molecule has 7 nitrogen and oxygen atoms in total. The molecule has 0 saturated carbocycles. The Labute approximate surface area is 203 Å². The monoisotopic (exact) mass is 541 g/mol. The van der Waals surface area contributed by atoms with Crippen molar-refractivity contribution < 1.29 is 9.47 Å². The van der Waals surface area contributed by atoms with Crippen LogP contribution in [0.4, 0.5) is 0 Å². The fourth-order valence-corrected chi connectivity index (χ4v) is 3.68. The van der Waals surface area contributed by atoms with Crippen LogP contribution in [0.25, 0.3) is 5.69 Å². The molecule has 0 spiro atoms. The number of hydrogen-bond donors (Lipinski definition) is 2. The molecule has 0 aliphatic carbocycles. The van der Waals surface area contributed by atoms with Gasteiger partial charge in [0.2, 0.25) is 0 Å². The third kappa shape index (κ3) is 8.08. The van der Waals surface area contributed by atoms with Gasteiger partial charge in [0.25, 0.3) is 0 Å². The number of hydrogen-bond acceptors (Lipinski definition) is 4. The summed E-state index contributed by atoms with van der Waals surface area (Å²) in [6, 6.07) is 10.4. The lowest BCUT2D eigenvalue weighted by molar-refractivity contribution is 0.0203. The number of para-hydroxylation sites is 1.